The highest BCUT2D eigenvalue weighted by Gasteiger charge is 2.35. The molecular weight excluding hydrogens is 426 g/mol. The maximum atomic E-state index is 13.0. The number of hydrogen-bond acceptors (Lipinski definition) is 0. The average molecular weight is 450 g/mol. The van der Waals surface area contributed by atoms with E-state index in [1.54, 1.807) is 24.3 Å². The van der Waals surface area contributed by atoms with Gasteiger partial charge in [0.25, 0.3) is 0 Å². The fourth-order valence-electron chi connectivity index (χ4n) is 4.27. The summed E-state index contributed by atoms with van der Waals surface area (Å²) < 4.78 is 78.2. The van der Waals surface area contributed by atoms with E-state index in [4.69, 9.17) is 0 Å². The van der Waals surface area contributed by atoms with Gasteiger partial charge in [-0.2, -0.15) is 26.3 Å². The minimum atomic E-state index is -4.35. The van der Waals surface area contributed by atoms with Crippen LogP contribution >= 0.6 is 0 Å². The number of benzene rings is 3. The predicted octanol–water partition coefficient (Wildman–Crippen LogP) is 7.84. The molecule has 0 spiro atoms. The molecule has 0 atom stereocenters. The molecule has 0 saturated heterocycles. The molecule has 3 aromatic carbocycles. The van der Waals surface area contributed by atoms with Gasteiger partial charge in [-0.3, -0.25) is 0 Å². The molecule has 0 unspecified atom stereocenters. The summed E-state index contributed by atoms with van der Waals surface area (Å²) in [5.74, 6) is 0. The lowest BCUT2D eigenvalue weighted by molar-refractivity contribution is -0.128. The molecule has 6 heteroatoms. The lowest BCUT2D eigenvalue weighted by atomic mass is 9.68. The van der Waals surface area contributed by atoms with E-state index in [9.17, 15) is 26.3 Å². The number of halogens is 6. The summed E-state index contributed by atoms with van der Waals surface area (Å²) in [6.07, 6.45) is -9.85. The van der Waals surface area contributed by atoms with Gasteiger partial charge < -0.3 is 0 Å². The summed E-state index contributed by atoms with van der Waals surface area (Å²) in [5.41, 5.74) is 1.77. The van der Waals surface area contributed by atoms with Crippen LogP contribution in [0, 0.1) is 0 Å². The van der Waals surface area contributed by atoms with Crippen molar-refractivity contribution in [3.05, 3.63) is 107 Å². The van der Waals surface area contributed by atoms with Gasteiger partial charge in [0.05, 0.1) is 12.8 Å². The number of alkyl halides is 6. The second kappa shape index (κ2) is 9.39. The second-order valence-electron chi connectivity index (χ2n) is 8.08. The Morgan fingerprint density at radius 2 is 0.969 bits per heavy atom. The molecule has 0 nitrogen and oxygen atoms in total. The average Bonchev–Trinajstić information content (AvgIpc) is 2.71. The Hall–Kier alpha value is -2.76. The zero-order chi connectivity index (χ0) is 23.4. The third kappa shape index (κ3) is 6.15. The Morgan fingerprint density at radius 1 is 0.531 bits per heavy atom. The largest absolute Gasteiger partial charge is 0.393 e. The van der Waals surface area contributed by atoms with E-state index in [-0.39, 0.29) is 11.1 Å². The standard InChI is InChI=1S/C26H24F6/c1-2-24(16-19-8-4-3-5-9-19,22-12-6-10-20(14-22)17-25(27,28)29)23-13-7-11-21(15-23)18-26(30,31)32/h3-15H,2,16-18H2,1H3. The van der Waals surface area contributed by atoms with Gasteiger partial charge in [0.1, 0.15) is 0 Å². The quantitative estimate of drug-likeness (QED) is 0.322. The Morgan fingerprint density at radius 3 is 1.38 bits per heavy atom. The van der Waals surface area contributed by atoms with Crippen molar-refractivity contribution in [2.75, 3.05) is 0 Å². The van der Waals surface area contributed by atoms with Gasteiger partial charge in [-0.25, -0.2) is 0 Å². The van der Waals surface area contributed by atoms with Crippen LogP contribution in [0.5, 0.6) is 0 Å². The topological polar surface area (TPSA) is 0 Å². The first kappa shape index (κ1) is 23.9. The highest BCUT2D eigenvalue weighted by atomic mass is 19.4. The summed E-state index contributed by atoms with van der Waals surface area (Å²) in [6.45, 7) is 1.91. The summed E-state index contributed by atoms with van der Waals surface area (Å²) in [5, 5.41) is 0. The molecule has 0 aromatic heterocycles. The maximum Gasteiger partial charge on any atom is 0.393 e. The molecule has 0 saturated carbocycles. The number of rotatable bonds is 7. The van der Waals surface area contributed by atoms with Gasteiger partial charge in [0, 0.05) is 5.41 Å². The number of hydrogen-bond donors (Lipinski definition) is 0. The van der Waals surface area contributed by atoms with Crippen LogP contribution in [0.25, 0.3) is 0 Å². The molecule has 0 heterocycles. The maximum absolute atomic E-state index is 13.0. The van der Waals surface area contributed by atoms with Gasteiger partial charge in [-0.05, 0) is 40.7 Å². The van der Waals surface area contributed by atoms with Crippen molar-refractivity contribution in [1.29, 1.82) is 0 Å². The Bertz CT molecular complexity index is 959. The van der Waals surface area contributed by atoms with Crippen LogP contribution in [0.3, 0.4) is 0 Å². The van der Waals surface area contributed by atoms with Crippen LogP contribution in [0.15, 0.2) is 78.9 Å². The zero-order valence-corrected chi connectivity index (χ0v) is 17.6. The molecule has 32 heavy (non-hydrogen) atoms. The predicted molar refractivity (Wildman–Crippen MR) is 114 cm³/mol. The van der Waals surface area contributed by atoms with Crippen molar-refractivity contribution >= 4 is 0 Å². The molecule has 0 amide bonds. The van der Waals surface area contributed by atoms with Crippen LogP contribution in [0.4, 0.5) is 26.3 Å². The molecule has 0 aliphatic rings. The summed E-state index contributed by atoms with van der Waals surface area (Å²) >= 11 is 0. The minimum Gasteiger partial charge on any atom is -0.171 e. The Kier molecular flexibility index (Phi) is 7.01. The molecule has 0 bridgehead atoms. The third-order valence-corrected chi connectivity index (χ3v) is 5.72. The van der Waals surface area contributed by atoms with Gasteiger partial charge in [-0.15, -0.1) is 0 Å². The molecule has 0 aliphatic carbocycles. The van der Waals surface area contributed by atoms with E-state index >= 15 is 0 Å². The monoisotopic (exact) mass is 450 g/mol. The zero-order valence-electron chi connectivity index (χ0n) is 17.6. The van der Waals surface area contributed by atoms with E-state index < -0.39 is 30.6 Å². The fourth-order valence-corrected chi connectivity index (χ4v) is 4.27. The van der Waals surface area contributed by atoms with Crippen molar-refractivity contribution in [1.82, 2.24) is 0 Å². The lowest BCUT2D eigenvalue weighted by Gasteiger charge is -2.35. The highest BCUT2D eigenvalue weighted by Crippen LogP contribution is 2.40. The summed E-state index contributed by atoms with van der Waals surface area (Å²) in [6, 6.07) is 22.1. The van der Waals surface area contributed by atoms with Crippen molar-refractivity contribution in [3.8, 4) is 0 Å². The van der Waals surface area contributed by atoms with E-state index in [0.29, 0.717) is 24.0 Å². The minimum absolute atomic E-state index is 0.132. The molecular formula is C26H24F6. The van der Waals surface area contributed by atoms with Crippen LogP contribution in [-0.4, -0.2) is 12.4 Å². The smallest absolute Gasteiger partial charge is 0.171 e. The molecule has 0 radical (unpaired) electrons. The van der Waals surface area contributed by atoms with Gasteiger partial charge in [-0.1, -0.05) is 85.8 Å². The third-order valence-electron chi connectivity index (χ3n) is 5.72. The lowest BCUT2D eigenvalue weighted by Crippen LogP contribution is -2.30. The molecule has 170 valence electrons. The van der Waals surface area contributed by atoms with Crippen LogP contribution in [-0.2, 0) is 24.7 Å². The van der Waals surface area contributed by atoms with Crippen molar-refractivity contribution in [2.24, 2.45) is 0 Å². The first-order valence-corrected chi connectivity index (χ1v) is 10.4. The molecule has 0 fully saturated rings. The van der Waals surface area contributed by atoms with Crippen LogP contribution in [0.1, 0.15) is 41.2 Å². The molecule has 0 aliphatic heterocycles. The van der Waals surface area contributed by atoms with Crippen molar-refractivity contribution < 1.29 is 26.3 Å². The van der Waals surface area contributed by atoms with Crippen molar-refractivity contribution in [2.45, 2.75) is 50.4 Å². The van der Waals surface area contributed by atoms with E-state index in [1.165, 1.54) is 24.3 Å². The molecule has 3 rings (SSSR count). The van der Waals surface area contributed by atoms with E-state index in [1.807, 2.05) is 37.3 Å². The van der Waals surface area contributed by atoms with Crippen LogP contribution < -0.4 is 0 Å². The van der Waals surface area contributed by atoms with Gasteiger partial charge in [0.15, 0.2) is 0 Å². The molecule has 3 aromatic rings. The second-order valence-corrected chi connectivity index (χ2v) is 8.08. The van der Waals surface area contributed by atoms with E-state index in [0.717, 1.165) is 5.56 Å². The first-order valence-electron chi connectivity index (χ1n) is 10.4. The fraction of sp³-hybridized carbons (Fsp3) is 0.308. The van der Waals surface area contributed by atoms with Gasteiger partial charge in [0.2, 0.25) is 0 Å². The van der Waals surface area contributed by atoms with Crippen LogP contribution in [0.2, 0.25) is 0 Å². The SMILES string of the molecule is CCC(Cc1ccccc1)(c1cccc(CC(F)(F)F)c1)c1cccc(CC(F)(F)F)c1. The normalized spacial score (nSPS) is 12.7. The Balaban J connectivity index is 2.14. The van der Waals surface area contributed by atoms with Crippen molar-refractivity contribution in [3.63, 3.8) is 0 Å². The summed E-state index contributed by atoms with van der Waals surface area (Å²) in [7, 11) is 0. The Labute approximate surface area is 183 Å². The first-order chi connectivity index (χ1) is 15.0. The van der Waals surface area contributed by atoms with Gasteiger partial charge >= 0.3 is 12.4 Å². The highest BCUT2D eigenvalue weighted by molar-refractivity contribution is 5.44. The summed E-state index contributed by atoms with van der Waals surface area (Å²) in [4.78, 5) is 0. The van der Waals surface area contributed by atoms with E-state index in [2.05, 4.69) is 0 Å². The molecule has 0 N–H and O–H groups in total.